The smallest absolute Gasteiger partial charge is 0.450 e. The molecule has 0 saturated heterocycles. The lowest BCUT2D eigenvalue weighted by Gasteiger charge is -2.09. The maximum atomic E-state index is 13.0. The van der Waals surface area contributed by atoms with E-state index in [9.17, 15) is 18.0 Å². The summed E-state index contributed by atoms with van der Waals surface area (Å²) in [7, 11) is 0. The number of furan rings is 1. The van der Waals surface area contributed by atoms with Crippen molar-refractivity contribution < 1.29 is 27.1 Å². The monoisotopic (exact) mass is 440 g/mol. The minimum absolute atomic E-state index is 0.0404. The van der Waals surface area contributed by atoms with Crippen LogP contribution in [0.2, 0.25) is 0 Å². The van der Waals surface area contributed by atoms with E-state index in [1.54, 1.807) is 30.3 Å². The average molecular weight is 442 g/mol. The summed E-state index contributed by atoms with van der Waals surface area (Å²) in [5, 5.41) is 0. The summed E-state index contributed by atoms with van der Waals surface area (Å²) in [5.41, 5.74) is -0.152. The van der Waals surface area contributed by atoms with E-state index in [0.29, 0.717) is 5.56 Å². The first-order valence-corrected chi connectivity index (χ1v) is 7.83. The molecule has 0 N–H and O–H groups in total. The molecule has 2 aromatic rings. The van der Waals surface area contributed by atoms with Crippen LogP contribution in [0.15, 0.2) is 41.0 Å². The highest BCUT2D eigenvalue weighted by Crippen LogP contribution is 2.38. The van der Waals surface area contributed by atoms with Gasteiger partial charge in [-0.15, -0.1) is 0 Å². The molecule has 0 spiro atoms. The minimum Gasteiger partial charge on any atom is -0.460 e. The molecular weight excluding hydrogens is 433 g/mol. The molecule has 22 heavy (non-hydrogen) atoms. The van der Waals surface area contributed by atoms with Crippen LogP contribution in [0.1, 0.15) is 16.1 Å². The molecule has 1 aromatic heterocycles. The maximum absolute atomic E-state index is 13.0. The number of rotatable bonds is 4. The summed E-state index contributed by atoms with van der Waals surface area (Å²) in [5.74, 6) is -2.46. The van der Waals surface area contributed by atoms with Crippen molar-refractivity contribution in [2.45, 2.75) is 9.91 Å². The van der Waals surface area contributed by atoms with Crippen molar-refractivity contribution in [1.29, 1.82) is 0 Å². The summed E-state index contributed by atoms with van der Waals surface area (Å²) < 4.78 is 48.1. The highest BCUT2D eigenvalue weighted by molar-refractivity contribution is 9.24. The molecule has 0 aliphatic rings. The summed E-state index contributed by atoms with van der Waals surface area (Å²) >= 11 is 6.16. The summed E-state index contributed by atoms with van der Waals surface area (Å²) in [6.45, 7) is -0.129. The van der Waals surface area contributed by atoms with Gasteiger partial charge in [-0.25, -0.2) is 4.79 Å². The predicted molar refractivity (Wildman–Crippen MR) is 81.1 cm³/mol. The molecule has 0 unspecified atom stereocenters. The number of alkyl halides is 5. The first-order valence-electron chi connectivity index (χ1n) is 6.00. The molecule has 118 valence electrons. The van der Waals surface area contributed by atoms with Gasteiger partial charge in [-0.05, 0) is 5.56 Å². The van der Waals surface area contributed by atoms with Gasteiger partial charge in [-0.3, -0.25) is 0 Å². The number of hydrogen-bond donors (Lipinski definition) is 0. The summed E-state index contributed by atoms with van der Waals surface area (Å²) in [4.78, 5) is 12.0. The van der Waals surface area contributed by atoms with Crippen LogP contribution in [-0.2, 0) is 10.9 Å². The summed E-state index contributed by atoms with van der Waals surface area (Å²) in [6, 6.07) is 8.18. The Kier molecular flexibility index (Phi) is 5.33. The van der Waals surface area contributed by atoms with Gasteiger partial charge in [0.2, 0.25) is 5.76 Å². The van der Waals surface area contributed by atoms with Crippen LogP contribution in [0, 0.1) is 0 Å². The Morgan fingerprint density at radius 2 is 1.86 bits per heavy atom. The maximum Gasteiger partial charge on any atom is 0.450 e. The fraction of sp³-hybridized carbons (Fsp3) is 0.214. The second-order valence-electron chi connectivity index (χ2n) is 4.21. The topological polar surface area (TPSA) is 39.4 Å². The number of halogens is 5. The highest BCUT2D eigenvalue weighted by atomic mass is 79.9. The van der Waals surface area contributed by atoms with Crippen LogP contribution < -0.4 is 0 Å². The molecule has 0 bridgehead atoms. The van der Waals surface area contributed by atoms with E-state index >= 15 is 0 Å². The molecule has 0 saturated carbocycles. The zero-order valence-electron chi connectivity index (χ0n) is 10.9. The van der Waals surface area contributed by atoms with Gasteiger partial charge >= 0.3 is 12.1 Å². The second-order valence-corrected chi connectivity index (χ2v) is 7.65. The number of benzene rings is 1. The van der Waals surface area contributed by atoms with E-state index in [4.69, 9.17) is 4.74 Å². The fourth-order valence-corrected chi connectivity index (χ4v) is 2.07. The van der Waals surface area contributed by atoms with Crippen molar-refractivity contribution >= 4 is 37.8 Å². The third-order valence-electron chi connectivity index (χ3n) is 2.68. The predicted octanol–water partition coefficient (Wildman–Crippen LogP) is 5.24. The zero-order valence-corrected chi connectivity index (χ0v) is 14.0. The van der Waals surface area contributed by atoms with Gasteiger partial charge in [0, 0.05) is 5.56 Å². The number of carbonyl (C=O) groups excluding carboxylic acids is 1. The zero-order chi connectivity index (χ0) is 16.3. The number of esters is 1. The first kappa shape index (κ1) is 17.1. The molecular formula is C14H9Br2F3O3. The van der Waals surface area contributed by atoms with Gasteiger partial charge < -0.3 is 9.15 Å². The first-order chi connectivity index (χ1) is 10.3. The lowest BCUT2D eigenvalue weighted by atomic mass is 10.0. The standard InChI is InChI=1S/C14H9Br2F3O3/c15-10(16)7-22-13(20)11-9(8-4-2-1-3-5-8)6-21-12(11)14(17,18)19/h1-6,10H,7H2. The molecule has 0 amide bonds. The van der Waals surface area contributed by atoms with Crippen molar-refractivity contribution in [1.82, 2.24) is 0 Å². The lowest BCUT2D eigenvalue weighted by molar-refractivity contribution is -0.153. The van der Waals surface area contributed by atoms with Gasteiger partial charge in [-0.1, -0.05) is 62.2 Å². The Bertz CT molecular complexity index is 651. The van der Waals surface area contributed by atoms with Crippen LogP contribution in [0.3, 0.4) is 0 Å². The van der Waals surface area contributed by atoms with E-state index in [0.717, 1.165) is 6.26 Å². The van der Waals surface area contributed by atoms with Crippen LogP contribution in [0.25, 0.3) is 11.1 Å². The Hall–Kier alpha value is -1.28. The van der Waals surface area contributed by atoms with Gasteiger partial charge in [0.05, 0.1) is 6.26 Å². The molecule has 1 heterocycles. The third-order valence-corrected chi connectivity index (χ3v) is 3.21. The molecule has 0 radical (unpaired) electrons. The van der Waals surface area contributed by atoms with Crippen LogP contribution in [0.5, 0.6) is 0 Å². The van der Waals surface area contributed by atoms with E-state index in [2.05, 4.69) is 36.3 Å². The molecule has 0 aliphatic heterocycles. The van der Waals surface area contributed by atoms with Gasteiger partial charge in [0.1, 0.15) is 15.9 Å². The molecule has 3 nitrogen and oxygen atoms in total. The summed E-state index contributed by atoms with van der Waals surface area (Å²) in [6.07, 6.45) is -3.88. The third kappa shape index (κ3) is 3.92. The van der Waals surface area contributed by atoms with Crippen LogP contribution in [0.4, 0.5) is 13.2 Å². The van der Waals surface area contributed by atoms with Gasteiger partial charge in [-0.2, -0.15) is 13.2 Å². The molecule has 0 fully saturated rings. The van der Waals surface area contributed by atoms with Crippen molar-refractivity contribution in [3.63, 3.8) is 0 Å². The van der Waals surface area contributed by atoms with E-state index < -0.39 is 23.5 Å². The molecule has 0 aliphatic carbocycles. The normalized spacial score (nSPS) is 11.7. The van der Waals surface area contributed by atoms with Gasteiger partial charge in [0.15, 0.2) is 0 Å². The second kappa shape index (κ2) is 6.87. The quantitative estimate of drug-likeness (QED) is 0.481. The lowest BCUT2D eigenvalue weighted by Crippen LogP contribution is -2.16. The SMILES string of the molecule is O=C(OCC(Br)Br)c1c(-c2ccccc2)coc1C(F)(F)F. The molecule has 0 atom stereocenters. The van der Waals surface area contributed by atoms with Crippen molar-refractivity contribution in [2.75, 3.05) is 6.61 Å². The van der Waals surface area contributed by atoms with Crippen LogP contribution >= 0.6 is 31.9 Å². The van der Waals surface area contributed by atoms with Crippen LogP contribution in [-0.4, -0.2) is 16.3 Å². The number of carbonyl (C=O) groups is 1. The molecule has 2 rings (SSSR count). The van der Waals surface area contributed by atoms with E-state index in [1.807, 2.05) is 0 Å². The minimum atomic E-state index is -4.79. The highest BCUT2D eigenvalue weighted by Gasteiger charge is 2.42. The largest absolute Gasteiger partial charge is 0.460 e. The van der Waals surface area contributed by atoms with E-state index in [-0.39, 0.29) is 15.9 Å². The number of ether oxygens (including phenoxy) is 1. The Balaban J connectivity index is 2.48. The Morgan fingerprint density at radius 3 is 2.41 bits per heavy atom. The van der Waals surface area contributed by atoms with Crippen molar-refractivity contribution in [3.8, 4) is 11.1 Å². The number of hydrogen-bond acceptors (Lipinski definition) is 3. The van der Waals surface area contributed by atoms with Crippen molar-refractivity contribution in [3.05, 3.63) is 47.9 Å². The fourth-order valence-electron chi connectivity index (χ4n) is 1.81. The Morgan fingerprint density at radius 1 is 1.23 bits per heavy atom. The van der Waals surface area contributed by atoms with E-state index in [1.165, 1.54) is 0 Å². The Labute approximate surface area is 140 Å². The molecule has 1 aromatic carbocycles. The average Bonchev–Trinajstić information content (AvgIpc) is 2.90. The van der Waals surface area contributed by atoms with Crippen molar-refractivity contribution in [2.24, 2.45) is 0 Å². The van der Waals surface area contributed by atoms with Gasteiger partial charge in [0.25, 0.3) is 0 Å². The molecule has 8 heteroatoms.